The summed E-state index contributed by atoms with van der Waals surface area (Å²) in [6.45, 7) is 5.66. The molecule has 0 radical (unpaired) electrons. The first-order valence-electron chi connectivity index (χ1n) is 7.26. The molecule has 21 heavy (non-hydrogen) atoms. The van der Waals surface area contributed by atoms with Gasteiger partial charge in [0, 0.05) is 38.3 Å². The lowest BCUT2D eigenvalue weighted by molar-refractivity contribution is -0.141. The van der Waals surface area contributed by atoms with Crippen molar-refractivity contribution in [1.82, 2.24) is 9.80 Å². The number of hydrogen-bond donors (Lipinski definition) is 0. The maximum Gasteiger partial charge on any atom is 0.306 e. The Balaban J connectivity index is 1.85. The van der Waals surface area contributed by atoms with Crippen LogP contribution in [-0.2, 0) is 9.53 Å². The Morgan fingerprint density at radius 2 is 1.81 bits per heavy atom. The molecule has 5 heteroatoms. The molecule has 1 aliphatic heterocycles. The summed E-state index contributed by atoms with van der Waals surface area (Å²) >= 11 is 0. The first kappa shape index (κ1) is 15.5. The van der Waals surface area contributed by atoms with Gasteiger partial charge in [-0.15, -0.1) is 0 Å². The van der Waals surface area contributed by atoms with Crippen molar-refractivity contribution in [2.24, 2.45) is 0 Å². The van der Waals surface area contributed by atoms with E-state index < -0.39 is 0 Å². The topological polar surface area (TPSA) is 49.9 Å². The number of methoxy groups -OCH3 is 1. The van der Waals surface area contributed by atoms with Crippen LogP contribution < -0.4 is 0 Å². The van der Waals surface area contributed by atoms with Crippen LogP contribution in [0, 0.1) is 6.92 Å². The smallest absolute Gasteiger partial charge is 0.306 e. The van der Waals surface area contributed by atoms with Crippen LogP contribution in [0.5, 0.6) is 0 Å². The fourth-order valence-corrected chi connectivity index (χ4v) is 2.51. The van der Waals surface area contributed by atoms with Crippen LogP contribution in [0.15, 0.2) is 24.3 Å². The molecule has 114 valence electrons. The number of nitrogens with zero attached hydrogens (tertiary/aromatic N) is 2. The number of ether oxygens (including phenoxy) is 1. The Bertz CT molecular complexity index is 508. The van der Waals surface area contributed by atoms with Gasteiger partial charge in [-0.25, -0.2) is 0 Å². The largest absolute Gasteiger partial charge is 0.469 e. The van der Waals surface area contributed by atoms with E-state index in [0.29, 0.717) is 26.1 Å². The zero-order valence-electron chi connectivity index (χ0n) is 12.7. The molecule has 1 heterocycles. The second-order valence-electron chi connectivity index (χ2n) is 5.27. The summed E-state index contributed by atoms with van der Waals surface area (Å²) < 4.78 is 4.64. The third kappa shape index (κ3) is 4.04. The number of esters is 1. The maximum atomic E-state index is 12.5. The highest BCUT2D eigenvalue weighted by Gasteiger charge is 2.23. The zero-order valence-corrected chi connectivity index (χ0v) is 12.7. The molecule has 2 rings (SSSR count). The lowest BCUT2D eigenvalue weighted by atomic mass is 10.1. The van der Waals surface area contributed by atoms with Gasteiger partial charge in [0.15, 0.2) is 0 Å². The Kier molecular flexibility index (Phi) is 5.33. The third-order valence-electron chi connectivity index (χ3n) is 3.89. The molecule has 0 saturated carbocycles. The molecule has 0 aromatic heterocycles. The van der Waals surface area contributed by atoms with Gasteiger partial charge < -0.3 is 9.64 Å². The number of carbonyl (C=O) groups is 2. The van der Waals surface area contributed by atoms with E-state index in [0.717, 1.165) is 24.2 Å². The van der Waals surface area contributed by atoms with Crippen molar-refractivity contribution in [3.8, 4) is 0 Å². The normalized spacial score (nSPS) is 15.8. The molecule has 0 unspecified atom stereocenters. The first-order valence-corrected chi connectivity index (χ1v) is 7.26. The van der Waals surface area contributed by atoms with Gasteiger partial charge in [0.2, 0.25) is 0 Å². The highest BCUT2D eigenvalue weighted by molar-refractivity contribution is 5.95. The lowest BCUT2D eigenvalue weighted by Gasteiger charge is -2.34. The molecule has 0 spiro atoms. The van der Waals surface area contributed by atoms with E-state index >= 15 is 0 Å². The summed E-state index contributed by atoms with van der Waals surface area (Å²) in [5, 5.41) is 0. The quantitative estimate of drug-likeness (QED) is 0.785. The van der Waals surface area contributed by atoms with Gasteiger partial charge in [0.05, 0.1) is 13.5 Å². The van der Waals surface area contributed by atoms with E-state index in [-0.39, 0.29) is 11.9 Å². The second-order valence-corrected chi connectivity index (χ2v) is 5.27. The molecule has 0 bridgehead atoms. The van der Waals surface area contributed by atoms with Crippen molar-refractivity contribution >= 4 is 11.9 Å². The van der Waals surface area contributed by atoms with Crippen molar-refractivity contribution < 1.29 is 14.3 Å². The summed E-state index contributed by atoms with van der Waals surface area (Å²) in [6, 6.07) is 7.67. The van der Waals surface area contributed by atoms with E-state index in [1.165, 1.54) is 7.11 Å². The van der Waals surface area contributed by atoms with Gasteiger partial charge >= 0.3 is 5.97 Å². The lowest BCUT2D eigenvalue weighted by Crippen LogP contribution is -2.49. The van der Waals surface area contributed by atoms with E-state index in [9.17, 15) is 9.59 Å². The van der Waals surface area contributed by atoms with Crippen LogP contribution in [0.4, 0.5) is 0 Å². The summed E-state index contributed by atoms with van der Waals surface area (Å²) in [7, 11) is 1.40. The van der Waals surface area contributed by atoms with Crippen LogP contribution in [0.3, 0.4) is 0 Å². The second kappa shape index (κ2) is 7.22. The van der Waals surface area contributed by atoms with Crippen LogP contribution in [-0.4, -0.2) is 61.5 Å². The number of carbonyl (C=O) groups excluding carboxylic acids is 2. The SMILES string of the molecule is COC(=O)CCN1CCN(C(=O)c2ccccc2C)CC1. The van der Waals surface area contributed by atoms with E-state index in [1.54, 1.807) is 0 Å². The standard InChI is InChI=1S/C16H22N2O3/c1-13-5-3-4-6-14(13)16(20)18-11-9-17(10-12-18)8-7-15(19)21-2/h3-6H,7-12H2,1-2H3. The number of benzene rings is 1. The van der Waals surface area contributed by atoms with Gasteiger partial charge in [-0.2, -0.15) is 0 Å². The molecule has 0 atom stereocenters. The number of hydrogen-bond acceptors (Lipinski definition) is 4. The van der Waals surface area contributed by atoms with Gasteiger partial charge in [-0.1, -0.05) is 18.2 Å². The summed E-state index contributed by atoms with van der Waals surface area (Å²) in [5.41, 5.74) is 1.79. The summed E-state index contributed by atoms with van der Waals surface area (Å²) in [4.78, 5) is 27.7. The molecule has 1 amide bonds. The molecule has 5 nitrogen and oxygen atoms in total. The highest BCUT2D eigenvalue weighted by atomic mass is 16.5. The maximum absolute atomic E-state index is 12.5. The molecule has 1 aromatic carbocycles. The molecule has 1 aliphatic rings. The minimum Gasteiger partial charge on any atom is -0.469 e. The van der Waals surface area contributed by atoms with Gasteiger partial charge in [0.1, 0.15) is 0 Å². The molecule has 0 N–H and O–H groups in total. The Hall–Kier alpha value is -1.88. The van der Waals surface area contributed by atoms with Gasteiger partial charge in [0.25, 0.3) is 5.91 Å². The van der Waals surface area contributed by atoms with Crippen LogP contribution in [0.25, 0.3) is 0 Å². The molecule has 1 saturated heterocycles. The molecule has 1 aromatic rings. The molecule has 1 fully saturated rings. The number of aryl methyl sites for hydroxylation is 1. The number of piperazine rings is 1. The van der Waals surface area contributed by atoms with Crippen molar-refractivity contribution in [1.29, 1.82) is 0 Å². The number of rotatable bonds is 4. The zero-order chi connectivity index (χ0) is 15.2. The highest BCUT2D eigenvalue weighted by Crippen LogP contribution is 2.12. The van der Waals surface area contributed by atoms with Crippen LogP contribution in [0.2, 0.25) is 0 Å². The number of amides is 1. The van der Waals surface area contributed by atoms with Crippen molar-refractivity contribution in [3.63, 3.8) is 0 Å². The molecular weight excluding hydrogens is 268 g/mol. The van der Waals surface area contributed by atoms with E-state index in [2.05, 4.69) is 9.64 Å². The molecular formula is C16H22N2O3. The van der Waals surface area contributed by atoms with Crippen molar-refractivity contribution in [2.75, 3.05) is 39.8 Å². The predicted octanol–water partition coefficient (Wildman–Crippen LogP) is 1.32. The van der Waals surface area contributed by atoms with E-state index in [4.69, 9.17) is 0 Å². The van der Waals surface area contributed by atoms with Crippen LogP contribution >= 0.6 is 0 Å². The first-order chi connectivity index (χ1) is 10.1. The third-order valence-corrected chi connectivity index (χ3v) is 3.89. The predicted molar refractivity (Wildman–Crippen MR) is 80.2 cm³/mol. The fraction of sp³-hybridized carbons (Fsp3) is 0.500. The monoisotopic (exact) mass is 290 g/mol. The van der Waals surface area contributed by atoms with Gasteiger partial charge in [-0.05, 0) is 18.6 Å². The minimum absolute atomic E-state index is 0.0979. The average Bonchev–Trinajstić information content (AvgIpc) is 2.53. The van der Waals surface area contributed by atoms with Crippen LogP contribution in [0.1, 0.15) is 22.3 Å². The Morgan fingerprint density at radius 3 is 2.43 bits per heavy atom. The van der Waals surface area contributed by atoms with Gasteiger partial charge in [-0.3, -0.25) is 14.5 Å². The fourth-order valence-electron chi connectivity index (χ4n) is 2.51. The molecule has 0 aliphatic carbocycles. The average molecular weight is 290 g/mol. The minimum atomic E-state index is -0.187. The van der Waals surface area contributed by atoms with Crippen molar-refractivity contribution in [2.45, 2.75) is 13.3 Å². The summed E-state index contributed by atoms with van der Waals surface area (Å²) in [6.07, 6.45) is 0.405. The Labute approximate surface area is 125 Å². The van der Waals surface area contributed by atoms with Crippen molar-refractivity contribution in [3.05, 3.63) is 35.4 Å². The van der Waals surface area contributed by atoms with E-state index in [1.807, 2.05) is 36.1 Å². The Morgan fingerprint density at radius 1 is 1.14 bits per heavy atom. The summed E-state index contributed by atoms with van der Waals surface area (Å²) in [5.74, 6) is -0.0888.